The predicted octanol–water partition coefficient (Wildman–Crippen LogP) is 8.44. The lowest BCUT2D eigenvalue weighted by molar-refractivity contribution is 0.0530. The molecule has 2 aromatic carbocycles. The Kier molecular flexibility index (Phi) is 8.35. The Balaban J connectivity index is 1.32. The molecule has 5 aromatic rings. The molecule has 0 aliphatic heterocycles. The first kappa shape index (κ1) is 32.9. The molecule has 3 aromatic heterocycles. The molecule has 0 saturated heterocycles. The van der Waals surface area contributed by atoms with Crippen LogP contribution in [0.5, 0.6) is 5.75 Å². The molecule has 246 valence electrons. The lowest BCUT2D eigenvalue weighted by Crippen LogP contribution is -2.47. The van der Waals surface area contributed by atoms with Gasteiger partial charge in [-0.15, -0.1) is 0 Å². The predicted molar refractivity (Wildman–Crippen MR) is 188 cm³/mol. The van der Waals surface area contributed by atoms with Gasteiger partial charge in [0.15, 0.2) is 25.2 Å². The van der Waals surface area contributed by atoms with Gasteiger partial charge in [0.05, 0.1) is 16.9 Å². The number of carbonyl (C=O) groups is 1. The number of carbonyl (C=O) groups excluding carboxylic acids is 1. The van der Waals surface area contributed by atoms with Crippen LogP contribution in [-0.2, 0) is 4.43 Å². The van der Waals surface area contributed by atoms with E-state index in [2.05, 4.69) is 49.7 Å². The molecule has 6 rings (SSSR count). The maximum atomic E-state index is 13.8. The van der Waals surface area contributed by atoms with Gasteiger partial charge in [0.25, 0.3) is 5.91 Å². The van der Waals surface area contributed by atoms with E-state index < -0.39 is 20.3 Å². The van der Waals surface area contributed by atoms with Crippen molar-refractivity contribution in [3.63, 3.8) is 0 Å². The molecular formula is C36H41ClN4O5Si. The minimum Gasteiger partial charge on any atom is -0.483 e. The van der Waals surface area contributed by atoms with Crippen molar-refractivity contribution in [1.29, 1.82) is 0 Å². The van der Waals surface area contributed by atoms with E-state index in [1.54, 1.807) is 13.0 Å². The molecule has 1 amide bonds. The van der Waals surface area contributed by atoms with Crippen molar-refractivity contribution in [2.45, 2.75) is 90.8 Å². The van der Waals surface area contributed by atoms with Gasteiger partial charge >= 0.3 is 0 Å². The van der Waals surface area contributed by atoms with Crippen LogP contribution in [0.4, 0.5) is 0 Å². The molecule has 0 spiro atoms. The topological polar surface area (TPSA) is 122 Å². The molecule has 11 heteroatoms. The number of halogens is 1. The third-order valence-corrected chi connectivity index (χ3v) is 14.4. The van der Waals surface area contributed by atoms with Crippen molar-refractivity contribution < 1.29 is 18.4 Å². The highest BCUT2D eigenvalue weighted by atomic mass is 35.5. The summed E-state index contributed by atoms with van der Waals surface area (Å²) in [6.07, 6.45) is 3.61. The second kappa shape index (κ2) is 11.9. The summed E-state index contributed by atoms with van der Waals surface area (Å²) in [5.41, 5.74) is 9.43. The van der Waals surface area contributed by atoms with Crippen molar-refractivity contribution in [3.8, 4) is 17.1 Å². The highest BCUT2D eigenvalue weighted by Gasteiger charge is 2.43. The summed E-state index contributed by atoms with van der Waals surface area (Å²) in [7, 11) is -1.82. The number of amides is 1. The summed E-state index contributed by atoms with van der Waals surface area (Å²) < 4.78 is 21.4. The van der Waals surface area contributed by atoms with Crippen molar-refractivity contribution in [1.82, 2.24) is 14.8 Å². The Bertz CT molecular complexity index is 2090. The molecule has 3 heterocycles. The van der Waals surface area contributed by atoms with E-state index in [1.165, 1.54) is 6.07 Å². The van der Waals surface area contributed by atoms with Crippen LogP contribution in [0.1, 0.15) is 79.9 Å². The zero-order valence-electron chi connectivity index (χ0n) is 28.1. The number of ether oxygens (including phenoxy) is 1. The number of fused-ring (bicyclic) bond motifs is 2. The number of nitrogens with zero attached hydrogens (tertiary/aromatic N) is 3. The maximum absolute atomic E-state index is 13.8. The molecule has 1 aliphatic carbocycles. The van der Waals surface area contributed by atoms with Crippen LogP contribution in [0, 0.1) is 13.8 Å². The minimum atomic E-state index is -1.82. The maximum Gasteiger partial charge on any atom is 0.271 e. The van der Waals surface area contributed by atoms with Gasteiger partial charge in [-0.3, -0.25) is 14.3 Å². The first-order valence-corrected chi connectivity index (χ1v) is 19.2. The first-order chi connectivity index (χ1) is 22.0. The van der Waals surface area contributed by atoms with E-state index >= 15 is 0 Å². The van der Waals surface area contributed by atoms with Gasteiger partial charge in [-0.25, -0.2) is 4.98 Å². The molecule has 1 fully saturated rings. The number of hydrogen-bond acceptors (Lipinski definition) is 7. The lowest BCUT2D eigenvalue weighted by Gasteiger charge is -2.44. The molecular weight excluding hydrogens is 632 g/mol. The smallest absolute Gasteiger partial charge is 0.271 e. The van der Waals surface area contributed by atoms with E-state index in [1.807, 2.05) is 44.2 Å². The fourth-order valence-corrected chi connectivity index (χ4v) is 7.44. The van der Waals surface area contributed by atoms with Gasteiger partial charge in [-0.2, -0.15) is 5.10 Å². The number of primary amides is 1. The summed E-state index contributed by atoms with van der Waals surface area (Å²) in [6, 6.07) is 13.0. The van der Waals surface area contributed by atoms with Crippen molar-refractivity contribution in [3.05, 3.63) is 86.4 Å². The number of pyridine rings is 1. The molecule has 0 bridgehead atoms. The first-order valence-electron chi connectivity index (χ1n) is 15.9. The molecule has 1 atom stereocenters. The number of hydrogen-bond donors (Lipinski definition) is 1. The molecule has 9 nitrogen and oxygen atoms in total. The van der Waals surface area contributed by atoms with Gasteiger partial charge in [0.2, 0.25) is 0 Å². The molecule has 2 N–H and O–H groups in total. The summed E-state index contributed by atoms with van der Waals surface area (Å²) in [6.45, 7) is 16.9. The van der Waals surface area contributed by atoms with Crippen LogP contribution in [0.15, 0.2) is 57.9 Å². The summed E-state index contributed by atoms with van der Waals surface area (Å²) in [4.78, 5) is 29.8. The number of nitrogens with two attached hydrogens (primary N) is 1. The van der Waals surface area contributed by atoms with Crippen LogP contribution >= 0.6 is 11.6 Å². The Morgan fingerprint density at radius 1 is 1.13 bits per heavy atom. The average Bonchev–Trinajstić information content (AvgIpc) is 3.39. The lowest BCUT2D eigenvalue weighted by atomic mass is 9.90. The number of rotatable bonds is 8. The fourth-order valence-electron chi connectivity index (χ4n) is 5.91. The largest absolute Gasteiger partial charge is 0.483 e. The van der Waals surface area contributed by atoms with Gasteiger partial charge in [0.1, 0.15) is 22.6 Å². The summed E-state index contributed by atoms with van der Waals surface area (Å²) in [5, 5.41) is 6.59. The van der Waals surface area contributed by atoms with E-state index in [0.29, 0.717) is 33.9 Å². The molecule has 1 saturated carbocycles. The van der Waals surface area contributed by atoms with Crippen LogP contribution in [-0.4, -0.2) is 35.1 Å². The standard InChI is InChI=1S/C36H41ClN4O5Si/c1-19-13-26(21(3)44-29-11-12-30(37)39-31(29)35(38)43)34-27(14-19)32(42)20(2)33(45-34)22-9-10-28-23(15-22)18-41(40-28)24-16-25(17-24)46-47(7,8)36(4,5)6/h9-15,18,21,24-25H,16-17H2,1-8H3,(H2,38,43)/t21-,24?,25?/m1/s1. The average molecular weight is 673 g/mol. The monoisotopic (exact) mass is 672 g/mol. The second-order valence-corrected chi connectivity index (χ2v) is 19.4. The molecule has 1 aliphatic rings. The fraction of sp³-hybridized carbons (Fsp3) is 0.389. The Hall–Kier alpha value is -3.99. The van der Waals surface area contributed by atoms with Gasteiger partial charge in [-0.1, -0.05) is 32.4 Å². The van der Waals surface area contributed by atoms with Crippen molar-refractivity contribution >= 4 is 47.7 Å². The zero-order valence-corrected chi connectivity index (χ0v) is 29.9. The van der Waals surface area contributed by atoms with Crippen LogP contribution in [0.25, 0.3) is 33.2 Å². The normalized spacial score (nSPS) is 17.6. The van der Waals surface area contributed by atoms with Crippen molar-refractivity contribution in [2.75, 3.05) is 0 Å². The third-order valence-electron chi connectivity index (χ3n) is 9.69. The Morgan fingerprint density at radius 3 is 2.53 bits per heavy atom. The van der Waals surface area contributed by atoms with Gasteiger partial charge < -0.3 is 19.3 Å². The van der Waals surface area contributed by atoms with E-state index in [4.69, 9.17) is 36.0 Å². The van der Waals surface area contributed by atoms with E-state index in [9.17, 15) is 9.59 Å². The van der Waals surface area contributed by atoms with Crippen LogP contribution < -0.4 is 15.9 Å². The van der Waals surface area contributed by atoms with Crippen LogP contribution in [0.2, 0.25) is 23.3 Å². The molecule has 0 unspecified atom stereocenters. The number of aromatic nitrogens is 3. The Morgan fingerprint density at radius 2 is 1.85 bits per heavy atom. The summed E-state index contributed by atoms with van der Waals surface area (Å²) in [5.74, 6) is -0.0963. The minimum absolute atomic E-state index is 0.0753. The highest BCUT2D eigenvalue weighted by molar-refractivity contribution is 6.74. The van der Waals surface area contributed by atoms with E-state index in [0.717, 1.165) is 34.9 Å². The number of benzene rings is 2. The summed E-state index contributed by atoms with van der Waals surface area (Å²) >= 11 is 5.99. The second-order valence-electron chi connectivity index (χ2n) is 14.2. The van der Waals surface area contributed by atoms with Crippen LogP contribution in [0.3, 0.4) is 0 Å². The SMILES string of the molecule is Cc1cc([C@@H](C)Oc2ccc(Cl)nc2C(N)=O)c2oc(-c3ccc4nn(C5CC(O[Si](C)(C)C(C)(C)C)C5)cc4c3)c(C)c(=O)c2c1. The number of aryl methyl sites for hydroxylation is 1. The highest BCUT2D eigenvalue weighted by Crippen LogP contribution is 2.43. The quantitative estimate of drug-likeness (QED) is 0.130. The van der Waals surface area contributed by atoms with Gasteiger partial charge in [-0.05, 0) is 99.8 Å². The van der Waals surface area contributed by atoms with E-state index in [-0.39, 0.29) is 33.2 Å². The Labute approximate surface area is 280 Å². The van der Waals surface area contributed by atoms with Gasteiger partial charge in [0, 0.05) is 34.4 Å². The molecule has 47 heavy (non-hydrogen) atoms. The third kappa shape index (κ3) is 6.22. The van der Waals surface area contributed by atoms with Crippen molar-refractivity contribution in [2.24, 2.45) is 5.73 Å². The zero-order chi connectivity index (χ0) is 34.0. The molecule has 0 radical (unpaired) electrons.